The third-order valence-corrected chi connectivity index (χ3v) is 3.99. The first-order valence-corrected chi connectivity index (χ1v) is 8.05. The number of nitrogens with two attached hydrogens (primary N) is 1. The molecule has 23 heavy (non-hydrogen) atoms. The van der Waals surface area contributed by atoms with Crippen molar-refractivity contribution in [3.05, 3.63) is 47.5 Å². The van der Waals surface area contributed by atoms with Crippen molar-refractivity contribution in [1.29, 1.82) is 0 Å². The smallest absolute Gasteiger partial charge is 0.152 e. The Labute approximate surface area is 146 Å². The second kappa shape index (κ2) is 7.59. The molecule has 6 heteroatoms. The van der Waals surface area contributed by atoms with Crippen molar-refractivity contribution < 1.29 is 4.79 Å². The van der Waals surface area contributed by atoms with Gasteiger partial charge >= 0.3 is 0 Å². The summed E-state index contributed by atoms with van der Waals surface area (Å²) in [5, 5.41) is 2.39. The number of aldehydes is 1. The van der Waals surface area contributed by atoms with Gasteiger partial charge in [0.15, 0.2) is 6.29 Å². The van der Waals surface area contributed by atoms with Crippen LogP contribution in [0.1, 0.15) is 22.8 Å². The lowest BCUT2D eigenvalue weighted by Crippen LogP contribution is -2.23. The minimum atomic E-state index is 0.310. The summed E-state index contributed by atoms with van der Waals surface area (Å²) in [6.45, 7) is 4.97. The van der Waals surface area contributed by atoms with Gasteiger partial charge in [-0.2, -0.15) is 0 Å². The Morgan fingerprint density at radius 2 is 1.96 bits per heavy atom. The van der Waals surface area contributed by atoms with Gasteiger partial charge in [0.25, 0.3) is 0 Å². The molecule has 0 atom stereocenters. The van der Waals surface area contributed by atoms with Gasteiger partial charge in [-0.15, -0.1) is 12.6 Å². The molecule has 3 N–H and O–H groups in total. The quantitative estimate of drug-likeness (QED) is 0.218. The van der Waals surface area contributed by atoms with Crippen molar-refractivity contribution >= 4 is 57.3 Å². The number of hydrogen-bond acceptors (Lipinski definition) is 3. The highest BCUT2D eigenvalue weighted by atomic mass is 32.1. The highest BCUT2D eigenvalue weighted by Gasteiger charge is 2.13. The number of para-hydroxylation sites is 1. The Morgan fingerprint density at radius 1 is 1.30 bits per heavy atom. The van der Waals surface area contributed by atoms with Crippen LogP contribution in [0, 0.1) is 6.92 Å². The average molecular weight is 345 g/mol. The summed E-state index contributed by atoms with van der Waals surface area (Å²) in [5.41, 5.74) is 6.23. The van der Waals surface area contributed by atoms with Crippen LogP contribution >= 0.6 is 24.8 Å². The number of benzene rings is 2. The largest absolute Gasteiger partial charge is 0.340 e. The fourth-order valence-electron chi connectivity index (χ4n) is 2.75. The van der Waals surface area contributed by atoms with E-state index >= 15 is 0 Å². The van der Waals surface area contributed by atoms with E-state index in [1.54, 1.807) is 0 Å². The molecule has 0 amide bonds. The van der Waals surface area contributed by atoms with Gasteiger partial charge in [0.1, 0.15) is 4.32 Å². The lowest BCUT2D eigenvalue weighted by molar-refractivity contribution is 0.112. The first-order chi connectivity index (χ1) is 11.0. The molecule has 0 aliphatic heterocycles. The highest BCUT2D eigenvalue weighted by molar-refractivity contribution is 8.11. The van der Waals surface area contributed by atoms with Crippen molar-refractivity contribution in [3.63, 3.8) is 0 Å². The van der Waals surface area contributed by atoms with Gasteiger partial charge in [-0.25, -0.2) is 5.84 Å². The van der Waals surface area contributed by atoms with Crippen LogP contribution in [-0.4, -0.2) is 15.2 Å². The lowest BCUT2D eigenvalue weighted by atomic mass is 10.0. The summed E-state index contributed by atoms with van der Waals surface area (Å²) in [6, 6.07) is 12.5. The zero-order valence-electron chi connectivity index (χ0n) is 13.0. The van der Waals surface area contributed by atoms with E-state index in [9.17, 15) is 4.79 Å². The van der Waals surface area contributed by atoms with Gasteiger partial charge in [-0.1, -0.05) is 42.5 Å². The molecule has 0 aliphatic carbocycles. The molecular formula is C17H19N3OS2. The van der Waals surface area contributed by atoms with Crippen molar-refractivity contribution in [1.82, 2.24) is 9.99 Å². The molecule has 4 nitrogen and oxygen atoms in total. The molecule has 1 aromatic heterocycles. The van der Waals surface area contributed by atoms with E-state index in [4.69, 9.17) is 5.84 Å². The van der Waals surface area contributed by atoms with Crippen LogP contribution in [-0.2, 0) is 6.54 Å². The Bertz CT molecular complexity index is 871. The second-order valence-electron chi connectivity index (χ2n) is 5.02. The molecule has 0 radical (unpaired) electrons. The molecule has 0 spiro atoms. The fourth-order valence-corrected chi connectivity index (χ4v) is 2.75. The predicted octanol–water partition coefficient (Wildman–Crippen LogP) is 3.60. The van der Waals surface area contributed by atoms with E-state index < -0.39 is 0 Å². The number of aryl methyl sites for hydroxylation is 2. The Hall–Kier alpha value is -1.89. The molecule has 0 fully saturated rings. The third kappa shape index (κ3) is 3.39. The number of thiol groups is 1. The number of hydrogen-bond donors (Lipinski definition) is 3. The summed E-state index contributed by atoms with van der Waals surface area (Å²) in [7, 11) is 0. The molecule has 2 aromatic carbocycles. The number of thiocarbonyl (C=S) groups is 1. The zero-order chi connectivity index (χ0) is 17.0. The number of nitrogens with zero attached hydrogens (tertiary/aromatic N) is 1. The van der Waals surface area contributed by atoms with Gasteiger partial charge in [-0.05, 0) is 25.5 Å². The summed E-state index contributed by atoms with van der Waals surface area (Å²) in [6.07, 6.45) is 0.975. The molecule has 0 saturated carbocycles. The van der Waals surface area contributed by atoms with Crippen LogP contribution in [0.2, 0.25) is 0 Å². The molecule has 0 bridgehead atoms. The van der Waals surface area contributed by atoms with Crippen molar-refractivity contribution in [2.45, 2.75) is 20.4 Å². The van der Waals surface area contributed by atoms with Gasteiger partial charge in [0, 0.05) is 28.4 Å². The molecular weight excluding hydrogens is 326 g/mol. The Morgan fingerprint density at radius 3 is 2.52 bits per heavy atom. The normalized spacial score (nSPS) is 10.3. The summed E-state index contributed by atoms with van der Waals surface area (Å²) >= 11 is 7.92. The number of hydrazine groups is 1. The molecule has 3 aromatic rings. The second-order valence-corrected chi connectivity index (χ2v) is 6.18. The van der Waals surface area contributed by atoms with Gasteiger partial charge < -0.3 is 9.99 Å². The van der Waals surface area contributed by atoms with Crippen molar-refractivity contribution in [3.8, 4) is 0 Å². The summed E-state index contributed by atoms with van der Waals surface area (Å²) < 4.78 is 2.53. The number of nitrogens with one attached hydrogen (secondary N) is 1. The Kier molecular flexibility index (Phi) is 5.76. The summed E-state index contributed by atoms with van der Waals surface area (Å²) in [4.78, 5) is 11.4. The highest BCUT2D eigenvalue weighted by Crippen LogP contribution is 2.31. The Balaban J connectivity index is 0.000000338. The third-order valence-electron chi connectivity index (χ3n) is 3.75. The van der Waals surface area contributed by atoms with E-state index in [2.05, 4.69) is 60.0 Å². The predicted molar refractivity (Wildman–Crippen MR) is 104 cm³/mol. The maximum absolute atomic E-state index is 11.4. The van der Waals surface area contributed by atoms with Crippen molar-refractivity contribution in [2.75, 3.05) is 0 Å². The molecule has 3 rings (SSSR count). The van der Waals surface area contributed by atoms with Crippen LogP contribution in [0.25, 0.3) is 21.8 Å². The molecule has 120 valence electrons. The van der Waals surface area contributed by atoms with E-state index in [0.717, 1.165) is 29.5 Å². The van der Waals surface area contributed by atoms with Gasteiger partial charge in [0.05, 0.1) is 5.52 Å². The molecule has 0 saturated heterocycles. The average Bonchev–Trinajstić information content (AvgIpc) is 2.89. The van der Waals surface area contributed by atoms with Crippen LogP contribution in [0.3, 0.4) is 0 Å². The fraction of sp³-hybridized carbons (Fsp3) is 0.176. The monoisotopic (exact) mass is 345 g/mol. The van der Waals surface area contributed by atoms with E-state index in [1.165, 1.54) is 16.3 Å². The number of aromatic nitrogens is 1. The van der Waals surface area contributed by atoms with E-state index in [0.29, 0.717) is 4.32 Å². The van der Waals surface area contributed by atoms with Gasteiger partial charge in [0.2, 0.25) is 0 Å². The minimum absolute atomic E-state index is 0.310. The van der Waals surface area contributed by atoms with Gasteiger partial charge in [-0.3, -0.25) is 4.79 Å². The lowest BCUT2D eigenvalue weighted by Gasteiger charge is -2.06. The van der Waals surface area contributed by atoms with Crippen LogP contribution in [0.4, 0.5) is 0 Å². The number of rotatable bonds is 2. The van der Waals surface area contributed by atoms with E-state index in [1.807, 2.05) is 25.1 Å². The first-order valence-electron chi connectivity index (χ1n) is 7.20. The van der Waals surface area contributed by atoms with Crippen molar-refractivity contribution in [2.24, 2.45) is 5.84 Å². The zero-order valence-corrected chi connectivity index (χ0v) is 14.7. The van der Waals surface area contributed by atoms with E-state index in [-0.39, 0.29) is 0 Å². The van der Waals surface area contributed by atoms with Crippen LogP contribution < -0.4 is 11.3 Å². The maximum Gasteiger partial charge on any atom is 0.152 e. The number of carbonyl (C=O) groups excluding carboxylic acids is 1. The molecule has 0 unspecified atom stereocenters. The minimum Gasteiger partial charge on any atom is -0.340 e. The SMILES string of the molecule is CCn1c2ccccc2c2ccc(C)c(C=O)c21.NNC(=S)S. The molecule has 1 heterocycles. The summed E-state index contributed by atoms with van der Waals surface area (Å²) in [5.74, 6) is 4.70. The topological polar surface area (TPSA) is 60.0 Å². The number of fused-ring (bicyclic) bond motifs is 3. The van der Waals surface area contributed by atoms with Crippen LogP contribution in [0.5, 0.6) is 0 Å². The van der Waals surface area contributed by atoms with Crippen LogP contribution in [0.15, 0.2) is 36.4 Å². The number of carbonyl (C=O) groups is 1. The molecule has 0 aliphatic rings. The maximum atomic E-state index is 11.4. The first kappa shape index (κ1) is 17.5. The standard InChI is InChI=1S/C16H15NO.CH4N2S2/c1-3-17-15-7-5-4-6-12(15)13-9-8-11(2)14(10-18)16(13)17;2-3-1(4)5/h4-10H,3H2,1-2H3;2H2,(H2,3,4,5).